The van der Waals surface area contributed by atoms with E-state index in [-0.39, 0.29) is 0 Å². The number of hydrogen-bond acceptors (Lipinski definition) is 3. The highest BCUT2D eigenvalue weighted by Gasteiger charge is 2.19. The topological polar surface area (TPSA) is 23.8 Å². The predicted octanol–water partition coefficient (Wildman–Crippen LogP) is 8.90. The lowest BCUT2D eigenvalue weighted by Gasteiger charge is -2.20. The van der Waals surface area contributed by atoms with Crippen LogP contribution in [0, 0.1) is 11.3 Å². The Balaban J connectivity index is 1.45. The highest BCUT2D eigenvalue weighted by molar-refractivity contribution is 8.76. The summed E-state index contributed by atoms with van der Waals surface area (Å²) in [5.74, 6) is 0. The van der Waals surface area contributed by atoms with Gasteiger partial charge in [0, 0.05) is 9.79 Å². The molecular formula is C29H15NS2. The van der Waals surface area contributed by atoms with Crippen LogP contribution >= 0.6 is 21.6 Å². The molecule has 0 unspecified atom stereocenters. The summed E-state index contributed by atoms with van der Waals surface area (Å²) in [6.45, 7) is 0. The van der Waals surface area contributed by atoms with Crippen LogP contribution in [0.4, 0.5) is 0 Å². The fraction of sp³-hybridized carbons (Fsp3) is 0. The summed E-state index contributed by atoms with van der Waals surface area (Å²) in [5.41, 5.74) is 5.69. The first-order valence-electron chi connectivity index (χ1n) is 10.5. The lowest BCUT2D eigenvalue weighted by molar-refractivity contribution is 1.36. The van der Waals surface area contributed by atoms with Gasteiger partial charge in [0.25, 0.3) is 0 Å². The molecule has 6 aromatic rings. The third-order valence-corrected chi connectivity index (χ3v) is 8.89. The van der Waals surface area contributed by atoms with Crippen molar-refractivity contribution in [2.24, 2.45) is 0 Å². The van der Waals surface area contributed by atoms with E-state index in [1.165, 1.54) is 59.5 Å². The Kier molecular flexibility index (Phi) is 3.84. The smallest absolute Gasteiger partial charge is 0.0992 e. The molecular weight excluding hydrogens is 426 g/mol. The lowest BCUT2D eigenvalue weighted by atomic mass is 9.89. The van der Waals surface area contributed by atoms with E-state index in [0.717, 1.165) is 4.90 Å². The van der Waals surface area contributed by atoms with Gasteiger partial charge in [0.2, 0.25) is 0 Å². The van der Waals surface area contributed by atoms with E-state index in [4.69, 9.17) is 0 Å². The lowest BCUT2D eigenvalue weighted by Crippen LogP contribution is -1.92. The maximum absolute atomic E-state index is 9.22. The van der Waals surface area contributed by atoms with Crippen molar-refractivity contribution < 1.29 is 0 Å². The monoisotopic (exact) mass is 441 g/mol. The molecule has 0 aliphatic carbocycles. The minimum atomic E-state index is 0.713. The Morgan fingerprint density at radius 1 is 0.562 bits per heavy atom. The molecule has 3 heteroatoms. The van der Waals surface area contributed by atoms with Gasteiger partial charge in [-0.15, -0.1) is 0 Å². The third kappa shape index (κ3) is 2.54. The molecule has 0 spiro atoms. The Hall–Kier alpha value is -3.45. The van der Waals surface area contributed by atoms with E-state index < -0.39 is 0 Å². The Morgan fingerprint density at radius 2 is 1.19 bits per heavy atom. The molecule has 6 aromatic carbocycles. The molecule has 0 fully saturated rings. The Bertz CT molecular complexity index is 1730. The number of nitrogens with zero attached hydrogens (tertiary/aromatic N) is 1. The molecule has 0 N–H and O–H groups in total. The zero-order valence-electron chi connectivity index (χ0n) is 16.9. The molecule has 1 nitrogen and oxygen atoms in total. The Morgan fingerprint density at radius 3 is 1.97 bits per heavy atom. The molecule has 1 aliphatic heterocycles. The van der Waals surface area contributed by atoms with E-state index in [1.54, 1.807) is 21.6 Å². The molecule has 0 saturated heterocycles. The second-order valence-electron chi connectivity index (χ2n) is 8.17. The van der Waals surface area contributed by atoms with Gasteiger partial charge >= 0.3 is 0 Å². The first kappa shape index (κ1) is 18.2. The number of hydrogen-bond donors (Lipinski definition) is 0. The van der Waals surface area contributed by atoms with Gasteiger partial charge in [-0.1, -0.05) is 94.4 Å². The van der Waals surface area contributed by atoms with Crippen LogP contribution in [0.15, 0.2) is 101 Å². The first-order chi connectivity index (χ1) is 15.8. The molecule has 0 aromatic heterocycles. The second kappa shape index (κ2) is 6.77. The van der Waals surface area contributed by atoms with Gasteiger partial charge in [-0.25, -0.2) is 0 Å². The SMILES string of the molecule is N#Cc1ccc2c(c1)SSc1cc(-c3ccc4ccc5cccc6ccc3c4c56)ccc1-2. The molecule has 1 aliphatic rings. The van der Waals surface area contributed by atoms with Crippen LogP contribution in [0.25, 0.3) is 54.6 Å². The Labute approximate surface area is 193 Å². The minimum Gasteiger partial charge on any atom is -0.192 e. The molecule has 0 saturated carbocycles. The summed E-state index contributed by atoms with van der Waals surface area (Å²) < 4.78 is 0. The van der Waals surface area contributed by atoms with Gasteiger partial charge in [0.05, 0.1) is 11.6 Å². The van der Waals surface area contributed by atoms with Crippen LogP contribution in [0.3, 0.4) is 0 Å². The first-order valence-corrected chi connectivity index (χ1v) is 12.7. The van der Waals surface area contributed by atoms with Crippen LogP contribution < -0.4 is 0 Å². The van der Waals surface area contributed by atoms with Crippen LogP contribution in [0.2, 0.25) is 0 Å². The van der Waals surface area contributed by atoms with Gasteiger partial charge in [0.15, 0.2) is 0 Å². The van der Waals surface area contributed by atoms with Crippen molar-refractivity contribution >= 4 is 53.9 Å². The maximum Gasteiger partial charge on any atom is 0.0992 e. The van der Waals surface area contributed by atoms with E-state index in [1.807, 2.05) is 12.1 Å². The fourth-order valence-electron chi connectivity index (χ4n) is 4.94. The third-order valence-electron chi connectivity index (χ3n) is 6.44. The molecule has 0 atom stereocenters. The highest BCUT2D eigenvalue weighted by Crippen LogP contribution is 2.52. The van der Waals surface area contributed by atoms with Crippen LogP contribution in [-0.2, 0) is 0 Å². The van der Waals surface area contributed by atoms with Gasteiger partial charge in [-0.05, 0) is 72.8 Å². The van der Waals surface area contributed by atoms with Gasteiger partial charge in [-0.3, -0.25) is 0 Å². The summed E-state index contributed by atoms with van der Waals surface area (Å²) in [5, 5.41) is 17.1. The normalized spacial score (nSPS) is 12.7. The minimum absolute atomic E-state index is 0.713. The molecule has 0 amide bonds. The van der Waals surface area contributed by atoms with E-state index in [2.05, 4.69) is 84.9 Å². The standard InChI is InChI=1S/C29H15NS2/c30-16-17-4-10-23-24-12-9-21(15-27(24)32-31-26(23)14-17)22-11-7-20-6-5-18-2-1-3-19-8-13-25(22)29(20)28(18)19/h1-15H. The fourth-order valence-corrected chi connectivity index (χ4v) is 7.37. The van der Waals surface area contributed by atoms with E-state index in [9.17, 15) is 5.26 Å². The molecule has 148 valence electrons. The van der Waals surface area contributed by atoms with Gasteiger partial charge in [-0.2, -0.15) is 5.26 Å². The van der Waals surface area contributed by atoms with E-state index >= 15 is 0 Å². The van der Waals surface area contributed by atoms with Crippen molar-refractivity contribution in [1.82, 2.24) is 0 Å². The van der Waals surface area contributed by atoms with Crippen molar-refractivity contribution in [2.45, 2.75) is 9.79 Å². The average Bonchev–Trinajstić information content (AvgIpc) is 2.86. The summed E-state index contributed by atoms with van der Waals surface area (Å²) >= 11 is 0. The summed E-state index contributed by atoms with van der Waals surface area (Å²) in [4.78, 5) is 2.44. The van der Waals surface area contributed by atoms with Crippen molar-refractivity contribution in [3.63, 3.8) is 0 Å². The van der Waals surface area contributed by atoms with Gasteiger partial charge in [0.1, 0.15) is 0 Å². The average molecular weight is 442 g/mol. The molecule has 1 heterocycles. The number of fused-ring (bicyclic) bond motifs is 3. The zero-order chi connectivity index (χ0) is 21.2. The second-order valence-corrected chi connectivity index (χ2v) is 10.4. The predicted molar refractivity (Wildman–Crippen MR) is 137 cm³/mol. The number of benzene rings is 6. The summed E-state index contributed by atoms with van der Waals surface area (Å²) in [7, 11) is 3.52. The van der Waals surface area contributed by atoms with Crippen molar-refractivity contribution in [3.05, 3.63) is 96.6 Å². The molecule has 0 radical (unpaired) electrons. The van der Waals surface area contributed by atoms with Crippen molar-refractivity contribution in [1.29, 1.82) is 5.26 Å². The van der Waals surface area contributed by atoms with Crippen molar-refractivity contribution in [3.8, 4) is 28.3 Å². The maximum atomic E-state index is 9.22. The number of rotatable bonds is 1. The quantitative estimate of drug-likeness (QED) is 0.188. The molecule has 0 bridgehead atoms. The van der Waals surface area contributed by atoms with Gasteiger partial charge < -0.3 is 0 Å². The zero-order valence-corrected chi connectivity index (χ0v) is 18.6. The van der Waals surface area contributed by atoms with Crippen LogP contribution in [0.1, 0.15) is 5.56 Å². The highest BCUT2D eigenvalue weighted by atomic mass is 33.1. The summed E-state index contributed by atoms with van der Waals surface area (Å²) in [6, 6.07) is 35.1. The van der Waals surface area contributed by atoms with Crippen LogP contribution in [0.5, 0.6) is 0 Å². The summed E-state index contributed by atoms with van der Waals surface area (Å²) in [6.07, 6.45) is 0. The molecule has 7 rings (SSSR count). The molecule has 32 heavy (non-hydrogen) atoms. The number of nitriles is 1. The van der Waals surface area contributed by atoms with Crippen molar-refractivity contribution in [2.75, 3.05) is 0 Å². The van der Waals surface area contributed by atoms with E-state index in [0.29, 0.717) is 5.56 Å². The van der Waals surface area contributed by atoms with Crippen LogP contribution in [-0.4, -0.2) is 0 Å². The largest absolute Gasteiger partial charge is 0.192 e.